The number of aliphatic hydroxyl groups excluding tert-OH is 1. The van der Waals surface area contributed by atoms with Gasteiger partial charge in [0.25, 0.3) is 0 Å². The van der Waals surface area contributed by atoms with Crippen molar-refractivity contribution in [3.05, 3.63) is 26.0 Å². The fourth-order valence-electron chi connectivity index (χ4n) is 1.24. The van der Waals surface area contributed by atoms with Crippen LogP contribution in [0.25, 0.3) is 4.96 Å². The van der Waals surface area contributed by atoms with Crippen LogP contribution in [-0.2, 0) is 0 Å². The van der Waals surface area contributed by atoms with E-state index < -0.39 is 16.2 Å². The van der Waals surface area contributed by atoms with E-state index in [0.29, 0.717) is 0 Å². The highest BCUT2D eigenvalue weighted by Gasteiger charge is 2.24. The van der Waals surface area contributed by atoms with Crippen LogP contribution in [-0.4, -0.2) is 37.8 Å². The maximum atomic E-state index is 11.7. The van der Waals surface area contributed by atoms with Crippen molar-refractivity contribution in [1.29, 1.82) is 0 Å². The quantitative estimate of drug-likeness (QED) is 0.557. The summed E-state index contributed by atoms with van der Waals surface area (Å²) in [5, 5.41) is 25.6. The van der Waals surface area contributed by atoms with Gasteiger partial charge in [-0.2, -0.15) is 14.6 Å². The predicted octanol–water partition coefficient (Wildman–Crippen LogP) is -0.537. The van der Waals surface area contributed by atoms with E-state index in [1.807, 2.05) is 0 Å². The second kappa shape index (κ2) is 4.43. The molecule has 0 atom stereocenters. The average molecular weight is 257 g/mol. The predicted molar refractivity (Wildman–Crippen MR) is 59.4 cm³/mol. The third-order valence-corrected chi connectivity index (χ3v) is 2.59. The Balaban J connectivity index is 2.66. The number of aromatic nitrogens is 3. The van der Waals surface area contributed by atoms with Crippen molar-refractivity contribution >= 4 is 27.8 Å². The van der Waals surface area contributed by atoms with Crippen LogP contribution >= 0.6 is 11.3 Å². The Morgan fingerprint density at radius 3 is 3.06 bits per heavy atom. The molecule has 9 nitrogen and oxygen atoms in total. The van der Waals surface area contributed by atoms with Crippen molar-refractivity contribution in [1.82, 2.24) is 14.6 Å². The zero-order valence-corrected chi connectivity index (χ0v) is 9.18. The molecule has 0 aromatic carbocycles. The van der Waals surface area contributed by atoms with Gasteiger partial charge in [-0.1, -0.05) is 11.3 Å². The largest absolute Gasteiger partial charge is 0.395 e. The van der Waals surface area contributed by atoms with E-state index in [9.17, 15) is 14.9 Å². The van der Waals surface area contributed by atoms with Crippen LogP contribution in [0.3, 0.4) is 0 Å². The van der Waals surface area contributed by atoms with Gasteiger partial charge < -0.3 is 10.4 Å². The molecule has 0 fully saturated rings. The van der Waals surface area contributed by atoms with E-state index in [4.69, 9.17) is 5.11 Å². The summed E-state index contributed by atoms with van der Waals surface area (Å²) in [4.78, 5) is 25.9. The molecule has 0 aliphatic heterocycles. The molecule has 0 amide bonds. The van der Waals surface area contributed by atoms with Gasteiger partial charge in [0.05, 0.1) is 11.5 Å². The third kappa shape index (κ3) is 1.94. The molecule has 2 heterocycles. The summed E-state index contributed by atoms with van der Waals surface area (Å²) >= 11 is 1.09. The molecule has 2 aromatic heterocycles. The first-order chi connectivity index (χ1) is 8.15. The summed E-state index contributed by atoms with van der Waals surface area (Å²) in [6, 6.07) is 0. The minimum Gasteiger partial charge on any atom is -0.395 e. The Morgan fingerprint density at radius 1 is 1.65 bits per heavy atom. The molecule has 0 spiro atoms. The number of rotatable bonds is 4. The standard InChI is InChI=1S/C7H7N5O4S/c13-2-1-8-5-4(12(15)16)6(14)11-7(10-5)17-3-9-11/h3,8,13H,1-2H2. The number of hydrogen-bond donors (Lipinski definition) is 2. The second-order valence-corrected chi connectivity index (χ2v) is 3.77. The number of anilines is 1. The van der Waals surface area contributed by atoms with E-state index >= 15 is 0 Å². The van der Waals surface area contributed by atoms with Gasteiger partial charge in [-0.15, -0.1) is 0 Å². The lowest BCUT2D eigenvalue weighted by molar-refractivity contribution is -0.385. The smallest absolute Gasteiger partial charge is 0.377 e. The minimum atomic E-state index is -0.846. The highest BCUT2D eigenvalue weighted by Crippen LogP contribution is 2.18. The zero-order chi connectivity index (χ0) is 12.4. The first-order valence-electron chi connectivity index (χ1n) is 4.51. The lowest BCUT2D eigenvalue weighted by Crippen LogP contribution is -2.22. The Bertz CT molecular complexity index is 620. The van der Waals surface area contributed by atoms with Crippen LogP contribution in [0.5, 0.6) is 0 Å². The zero-order valence-electron chi connectivity index (χ0n) is 8.36. The Kier molecular flexibility index (Phi) is 2.97. The lowest BCUT2D eigenvalue weighted by Gasteiger charge is -2.03. The third-order valence-electron chi connectivity index (χ3n) is 1.92. The van der Waals surface area contributed by atoms with Gasteiger partial charge in [0.1, 0.15) is 5.51 Å². The summed E-state index contributed by atoms with van der Waals surface area (Å²) < 4.78 is 0.868. The number of aliphatic hydroxyl groups is 1. The van der Waals surface area contributed by atoms with Crippen LogP contribution in [0, 0.1) is 10.1 Å². The number of fused-ring (bicyclic) bond motifs is 1. The van der Waals surface area contributed by atoms with Crippen molar-refractivity contribution in [3.8, 4) is 0 Å². The minimum absolute atomic E-state index is 0.0717. The molecular weight excluding hydrogens is 250 g/mol. The van der Waals surface area contributed by atoms with Crippen LogP contribution in [0.15, 0.2) is 10.3 Å². The molecule has 0 aliphatic carbocycles. The normalized spacial score (nSPS) is 10.6. The van der Waals surface area contributed by atoms with Gasteiger partial charge in [-0.05, 0) is 0 Å². The maximum absolute atomic E-state index is 11.7. The first-order valence-corrected chi connectivity index (χ1v) is 5.38. The molecule has 0 bridgehead atoms. The van der Waals surface area contributed by atoms with Crippen LogP contribution in [0.4, 0.5) is 11.5 Å². The summed E-state index contributed by atoms with van der Waals surface area (Å²) in [5.74, 6) is -0.154. The van der Waals surface area contributed by atoms with Gasteiger partial charge in [0, 0.05) is 6.54 Å². The van der Waals surface area contributed by atoms with E-state index in [2.05, 4.69) is 15.4 Å². The monoisotopic (exact) mass is 257 g/mol. The molecule has 0 saturated carbocycles. The molecule has 2 aromatic rings. The molecule has 0 aliphatic rings. The summed E-state index contributed by atoms with van der Waals surface area (Å²) in [5.41, 5.74) is -0.160. The Morgan fingerprint density at radius 2 is 2.41 bits per heavy atom. The molecule has 0 saturated heterocycles. The van der Waals surface area contributed by atoms with Crippen molar-refractivity contribution in [2.45, 2.75) is 0 Å². The van der Waals surface area contributed by atoms with E-state index in [-0.39, 0.29) is 23.9 Å². The van der Waals surface area contributed by atoms with Gasteiger partial charge in [-0.3, -0.25) is 14.9 Å². The van der Waals surface area contributed by atoms with Crippen molar-refractivity contribution in [3.63, 3.8) is 0 Å². The first kappa shape index (κ1) is 11.4. The number of hydrogen-bond acceptors (Lipinski definition) is 8. The van der Waals surface area contributed by atoms with Crippen LogP contribution in [0.1, 0.15) is 0 Å². The maximum Gasteiger partial charge on any atom is 0.377 e. The van der Waals surface area contributed by atoms with E-state index in [1.54, 1.807) is 0 Å². The van der Waals surface area contributed by atoms with Gasteiger partial charge in [-0.25, -0.2) is 0 Å². The highest BCUT2D eigenvalue weighted by atomic mass is 32.1. The second-order valence-electron chi connectivity index (χ2n) is 2.95. The highest BCUT2D eigenvalue weighted by molar-refractivity contribution is 7.14. The van der Waals surface area contributed by atoms with Gasteiger partial charge in [0.2, 0.25) is 10.8 Å². The SMILES string of the molecule is O=c1c([N+](=O)[O-])c(NCCO)nc2scnn12. The molecule has 2 N–H and O–H groups in total. The van der Waals surface area contributed by atoms with Crippen LogP contribution < -0.4 is 10.9 Å². The van der Waals surface area contributed by atoms with Crippen molar-refractivity contribution in [2.24, 2.45) is 0 Å². The fraction of sp³-hybridized carbons (Fsp3) is 0.286. The molecule has 2 rings (SSSR count). The molecule has 0 radical (unpaired) electrons. The summed E-state index contributed by atoms with van der Waals surface area (Å²) in [6.07, 6.45) is 0. The lowest BCUT2D eigenvalue weighted by atomic mass is 10.4. The number of nitrogens with zero attached hydrogens (tertiary/aromatic N) is 4. The number of nitrogens with one attached hydrogen (secondary N) is 1. The van der Waals surface area contributed by atoms with Crippen LogP contribution in [0.2, 0.25) is 0 Å². The van der Waals surface area contributed by atoms with Gasteiger partial charge >= 0.3 is 11.2 Å². The van der Waals surface area contributed by atoms with E-state index in [0.717, 1.165) is 15.9 Å². The number of nitro groups is 1. The summed E-state index contributed by atoms with van der Waals surface area (Å²) in [7, 11) is 0. The Labute approximate surface area is 97.5 Å². The average Bonchev–Trinajstić information content (AvgIpc) is 2.74. The molecule has 0 unspecified atom stereocenters. The van der Waals surface area contributed by atoms with Gasteiger partial charge in [0.15, 0.2) is 0 Å². The molecule has 90 valence electrons. The summed E-state index contributed by atoms with van der Waals surface area (Å²) in [6.45, 7) is -0.150. The Hall–Kier alpha value is -2.07. The van der Waals surface area contributed by atoms with Crippen molar-refractivity contribution < 1.29 is 10.0 Å². The molecule has 10 heteroatoms. The topological polar surface area (TPSA) is 123 Å². The molecular formula is C7H7N5O4S. The molecule has 17 heavy (non-hydrogen) atoms. The van der Waals surface area contributed by atoms with E-state index in [1.165, 1.54) is 5.51 Å². The van der Waals surface area contributed by atoms with Crippen molar-refractivity contribution in [2.75, 3.05) is 18.5 Å². The fourth-order valence-corrected chi connectivity index (χ4v) is 1.85.